The van der Waals surface area contributed by atoms with Crippen LogP contribution in [0.2, 0.25) is 0 Å². The number of aromatic hydroxyl groups is 2. The van der Waals surface area contributed by atoms with E-state index in [9.17, 15) is 62.1 Å². The fourth-order valence-corrected chi connectivity index (χ4v) is 8.31. The van der Waals surface area contributed by atoms with Gasteiger partial charge in [-0.3, -0.25) is 0 Å². The molecule has 0 heterocycles. The van der Waals surface area contributed by atoms with Crippen LogP contribution < -0.4 is 118 Å². The molecule has 0 saturated carbocycles. The van der Waals surface area contributed by atoms with Gasteiger partial charge in [-0.1, -0.05) is 12.1 Å². The van der Waals surface area contributed by atoms with Crippen molar-refractivity contribution in [3.8, 4) is 34.1 Å². The van der Waals surface area contributed by atoms with Crippen LogP contribution in [0.5, 0.6) is 23.0 Å². The molecule has 22 nitrogen and oxygen atoms in total. The number of hydrogen-bond acceptors (Lipinski definition) is 22. The van der Waals surface area contributed by atoms with E-state index in [2.05, 4.69) is 20.5 Å². The minimum absolute atomic E-state index is 0. The van der Waals surface area contributed by atoms with E-state index in [4.69, 9.17) is 20.9 Å². The average Bonchev–Trinajstić information content (AvgIpc) is 3.14. The average molecular weight is 961 g/mol. The Morgan fingerprint density at radius 3 is 1.11 bits per heavy atom. The molecule has 0 fully saturated rings. The van der Waals surface area contributed by atoms with E-state index < -0.39 is 94.3 Å². The number of rotatable bonds is 11. The molecule has 0 bridgehead atoms. The third kappa shape index (κ3) is 11.8. The van der Waals surface area contributed by atoms with Crippen molar-refractivity contribution in [2.24, 2.45) is 20.5 Å². The molecule has 6 aromatic rings. The van der Waals surface area contributed by atoms with Gasteiger partial charge in [-0.05, 0) is 82.6 Å². The number of phenols is 2. The summed E-state index contributed by atoms with van der Waals surface area (Å²) in [5, 5.41) is 36.0. The molecule has 0 unspecified atom stereocenters. The fraction of sp³-hybridized carbons (Fsp3) is 0.0588. The summed E-state index contributed by atoms with van der Waals surface area (Å²) in [5.41, 5.74) is 9.88. The minimum Gasteiger partial charge on any atom is -0.744 e. The second-order valence-electron chi connectivity index (χ2n) is 12.4. The monoisotopic (exact) mass is 960 g/mol. The number of phenolic OH excluding ortho intramolecular Hbond substituents is 2. The van der Waals surface area contributed by atoms with E-state index in [1.54, 1.807) is 0 Å². The second kappa shape index (κ2) is 21.1. The van der Waals surface area contributed by atoms with E-state index in [1.165, 1.54) is 50.6 Å². The molecular formula is C34H24Li2N6Na2O16S4. The van der Waals surface area contributed by atoms with Crippen LogP contribution in [0.25, 0.3) is 32.7 Å². The molecule has 0 aromatic heterocycles. The second-order valence-corrected chi connectivity index (χ2v) is 17.8. The first kappa shape index (κ1) is 56.8. The molecule has 64 heavy (non-hydrogen) atoms. The number of fused-ring (bicyclic) bond motifs is 2. The molecule has 6 aromatic carbocycles. The van der Waals surface area contributed by atoms with Gasteiger partial charge in [0.2, 0.25) is 0 Å². The van der Waals surface area contributed by atoms with E-state index in [0.29, 0.717) is 23.3 Å². The number of azo groups is 2. The van der Waals surface area contributed by atoms with Crippen LogP contribution in [-0.2, 0) is 40.5 Å². The van der Waals surface area contributed by atoms with E-state index in [-0.39, 0.29) is 141 Å². The predicted molar refractivity (Wildman–Crippen MR) is 205 cm³/mol. The molecule has 0 amide bonds. The Hall–Kier alpha value is -3.33. The quantitative estimate of drug-likeness (QED) is 0.0405. The van der Waals surface area contributed by atoms with Gasteiger partial charge < -0.3 is 49.4 Å². The molecule has 30 heteroatoms. The summed E-state index contributed by atoms with van der Waals surface area (Å²) >= 11 is 0. The number of nitrogens with zero attached hydrogens (tertiary/aromatic N) is 4. The van der Waals surface area contributed by atoms with Crippen molar-refractivity contribution in [2.75, 3.05) is 25.7 Å². The number of ether oxygens (including phenoxy) is 2. The topological polar surface area (TPSA) is 389 Å². The van der Waals surface area contributed by atoms with Gasteiger partial charge in [-0.2, -0.15) is 0 Å². The van der Waals surface area contributed by atoms with Crippen molar-refractivity contribution in [2.45, 2.75) is 19.6 Å². The Morgan fingerprint density at radius 2 is 0.828 bits per heavy atom. The molecule has 0 radical (unpaired) electrons. The Labute approximate surface area is 432 Å². The molecule has 0 aliphatic rings. The molecule has 0 aliphatic carbocycles. The Balaban J connectivity index is 0.00000352. The van der Waals surface area contributed by atoms with Crippen LogP contribution in [0.3, 0.4) is 0 Å². The third-order valence-corrected chi connectivity index (χ3v) is 12.0. The fourth-order valence-electron chi connectivity index (χ4n) is 5.93. The number of benzene rings is 6. The van der Waals surface area contributed by atoms with Crippen LogP contribution in [0.1, 0.15) is 0 Å². The number of nitrogens with two attached hydrogens (primary N) is 2. The maximum absolute atomic E-state index is 12.2. The van der Waals surface area contributed by atoms with Crippen LogP contribution in [0, 0.1) is 0 Å². The van der Waals surface area contributed by atoms with Gasteiger partial charge in [-0.15, -0.1) is 20.5 Å². The summed E-state index contributed by atoms with van der Waals surface area (Å²) in [6.45, 7) is 0. The summed E-state index contributed by atoms with van der Waals surface area (Å²) in [6.07, 6.45) is 0. The summed E-state index contributed by atoms with van der Waals surface area (Å²) in [6, 6.07) is 12.9. The maximum atomic E-state index is 12.2. The van der Waals surface area contributed by atoms with E-state index in [1.807, 2.05) is 0 Å². The molecule has 0 aliphatic heterocycles. The van der Waals surface area contributed by atoms with Gasteiger partial charge >= 0.3 is 96.8 Å². The van der Waals surface area contributed by atoms with Crippen molar-refractivity contribution in [1.29, 1.82) is 0 Å². The van der Waals surface area contributed by atoms with Crippen LogP contribution in [0.4, 0.5) is 34.1 Å². The molecule has 6 N–H and O–H groups in total. The first-order chi connectivity index (χ1) is 27.8. The van der Waals surface area contributed by atoms with E-state index >= 15 is 0 Å². The van der Waals surface area contributed by atoms with Gasteiger partial charge in [0.25, 0.3) is 0 Å². The number of anilines is 2. The molecule has 0 atom stereocenters. The standard InChI is InChI=1S/C34H28N6O16S4.2Li.2Na/c1-55-25-9-15(3-5-23(25)37-39-31-27(59(49,50)51)11-17-7-19(57(43,44)45)13-21(35)29(17)33(31)41)16-4-6-24(26(10-16)56-2)38-40-32-28(60(52,53)54)12-18-8-20(58(46,47)48)14-22(36)30(18)34(32)42;;;;/h3-14,41-42H,35-36H2,1-2H3,(H,43,44,45)(H,46,47,48)(H,49,50,51)(H,52,53,54);;;;/q;4*+1/p-4. The Morgan fingerprint density at radius 1 is 0.500 bits per heavy atom. The number of nitrogen functional groups attached to an aromatic ring is 2. The largest absolute Gasteiger partial charge is 1.00 e. The van der Waals surface area contributed by atoms with Gasteiger partial charge in [-0.25, -0.2) is 33.7 Å². The van der Waals surface area contributed by atoms with Crippen LogP contribution >= 0.6 is 0 Å². The number of methoxy groups -OCH3 is 2. The Bertz CT molecular complexity index is 3140. The normalized spacial score (nSPS) is 12.0. The molecule has 314 valence electrons. The maximum Gasteiger partial charge on any atom is 1.00 e. The third-order valence-electron chi connectivity index (χ3n) is 8.63. The van der Waals surface area contributed by atoms with Crippen molar-refractivity contribution in [1.82, 2.24) is 0 Å². The van der Waals surface area contributed by atoms with E-state index in [0.717, 1.165) is 24.3 Å². The summed E-state index contributed by atoms with van der Waals surface area (Å²) < 4.78 is 153. The van der Waals surface area contributed by atoms with Gasteiger partial charge in [0.15, 0.2) is 11.5 Å². The zero-order valence-electron chi connectivity index (χ0n) is 34.1. The molecular weight excluding hydrogens is 937 g/mol. The van der Waals surface area contributed by atoms with Gasteiger partial charge in [0, 0.05) is 22.1 Å². The van der Waals surface area contributed by atoms with Crippen LogP contribution in [0.15, 0.2) is 113 Å². The van der Waals surface area contributed by atoms with Gasteiger partial charge in [0.1, 0.15) is 74.7 Å². The van der Waals surface area contributed by atoms with Crippen molar-refractivity contribution in [3.63, 3.8) is 0 Å². The summed E-state index contributed by atoms with van der Waals surface area (Å²) in [7, 11) is -18.5. The van der Waals surface area contributed by atoms with Crippen molar-refractivity contribution < 1.29 is 168 Å². The molecule has 0 spiro atoms. The van der Waals surface area contributed by atoms with Crippen molar-refractivity contribution in [3.05, 3.63) is 72.8 Å². The SMILES string of the molecule is COc1cc(-c2ccc(N=Nc3c(S(=O)(=O)[O-])cc4cc(S(=O)(=O)[O-])cc(N)c4c3O)c(OC)c2)ccc1N=Nc1c(S(=O)(=O)[O-])cc2cc(S(=O)(=O)[O-])cc(N)c2c1O.[Li+].[Li+].[Na+].[Na+]. The first-order valence-electron chi connectivity index (χ1n) is 16.1. The molecule has 6 rings (SSSR count). The van der Waals surface area contributed by atoms with Crippen LogP contribution in [-0.4, -0.2) is 76.3 Å². The van der Waals surface area contributed by atoms with Gasteiger partial charge in [0.05, 0.1) is 33.8 Å². The first-order valence-corrected chi connectivity index (χ1v) is 21.7. The minimum atomic E-state index is -5.40. The molecule has 0 saturated heterocycles. The predicted octanol–water partition coefficient (Wildman–Crippen LogP) is -7.28. The zero-order chi connectivity index (χ0) is 44.3. The summed E-state index contributed by atoms with van der Waals surface area (Å²) in [4.78, 5) is -3.93. The zero-order valence-corrected chi connectivity index (χ0v) is 41.4. The number of hydrogen-bond donors (Lipinski definition) is 4. The van der Waals surface area contributed by atoms with Crippen molar-refractivity contribution >= 4 is 96.1 Å². The summed E-state index contributed by atoms with van der Waals surface area (Å²) in [5.74, 6) is -1.88. The smallest absolute Gasteiger partial charge is 0.744 e. The Kier molecular flexibility index (Phi) is 18.7.